The van der Waals surface area contributed by atoms with Crippen molar-refractivity contribution < 1.29 is 14.3 Å². The van der Waals surface area contributed by atoms with Gasteiger partial charge in [-0.2, -0.15) is 5.10 Å². The van der Waals surface area contributed by atoms with Gasteiger partial charge in [-0.3, -0.25) is 4.79 Å². The molecule has 0 aliphatic carbocycles. The lowest BCUT2D eigenvalue weighted by Crippen LogP contribution is -2.17. The maximum absolute atomic E-state index is 12.5. The lowest BCUT2D eigenvalue weighted by atomic mass is 10.1. The van der Waals surface area contributed by atoms with Crippen LogP contribution in [0.3, 0.4) is 0 Å². The molecule has 0 atom stereocenters. The van der Waals surface area contributed by atoms with Crippen LogP contribution in [0.25, 0.3) is 0 Å². The zero-order valence-corrected chi connectivity index (χ0v) is 21.5. The van der Waals surface area contributed by atoms with Gasteiger partial charge < -0.3 is 4.74 Å². The van der Waals surface area contributed by atoms with Crippen LogP contribution in [0.4, 0.5) is 0 Å². The molecule has 2 aromatic carbocycles. The molecule has 7 heteroatoms. The third kappa shape index (κ3) is 10.5. The molecule has 1 amide bonds. The molecule has 0 aliphatic rings. The fourth-order valence-electron chi connectivity index (χ4n) is 3.32. The number of esters is 1. The minimum absolute atomic E-state index is 0.126. The van der Waals surface area contributed by atoms with Gasteiger partial charge >= 0.3 is 5.97 Å². The number of amides is 1. The van der Waals surface area contributed by atoms with Gasteiger partial charge in [0.2, 0.25) is 5.91 Å². The van der Waals surface area contributed by atoms with Crippen LogP contribution in [-0.4, -0.2) is 18.1 Å². The van der Waals surface area contributed by atoms with Gasteiger partial charge in [-0.25, -0.2) is 10.2 Å². The van der Waals surface area contributed by atoms with E-state index in [0.29, 0.717) is 22.8 Å². The molecular weight excluding hydrogens is 504 g/mol. The molecule has 2 rings (SSSR count). The number of benzene rings is 2. The van der Waals surface area contributed by atoms with E-state index in [-0.39, 0.29) is 11.5 Å². The molecule has 0 unspecified atom stereocenters. The van der Waals surface area contributed by atoms with Crippen molar-refractivity contribution in [3.8, 4) is 5.75 Å². The molecule has 1 N–H and O–H groups in total. The van der Waals surface area contributed by atoms with Gasteiger partial charge in [0.25, 0.3) is 0 Å². The third-order valence-electron chi connectivity index (χ3n) is 5.17. The summed E-state index contributed by atoms with van der Waals surface area (Å²) in [6, 6.07) is 11.9. The topological polar surface area (TPSA) is 67.8 Å². The summed E-state index contributed by atoms with van der Waals surface area (Å²) in [7, 11) is 0. The molecule has 0 radical (unpaired) electrons. The molecule has 5 nitrogen and oxygen atoms in total. The largest absolute Gasteiger partial charge is 0.422 e. The molecule has 0 saturated heterocycles. The Morgan fingerprint density at radius 2 is 1.67 bits per heavy atom. The molecule has 0 aromatic heterocycles. The standard InChI is InChI=1S/C26H32BrClN2O3/c1-2-3-4-5-6-7-8-9-10-15-25(31)30-29-19-20-18-21(27)16-17-24(20)33-26(32)22-13-11-12-14-23(22)28/h11-14,16-19H,2-10,15H2,1H3,(H,30,31). The number of hydrogen-bond donors (Lipinski definition) is 1. The minimum atomic E-state index is -0.563. The SMILES string of the molecule is CCCCCCCCCCCC(=O)NN=Cc1cc(Br)ccc1OC(=O)c1ccccc1Cl. The zero-order chi connectivity index (χ0) is 23.9. The van der Waals surface area contributed by atoms with E-state index in [2.05, 4.69) is 33.4 Å². The number of hydrogen-bond acceptors (Lipinski definition) is 4. The molecule has 0 bridgehead atoms. The first-order chi connectivity index (χ1) is 16.0. The number of carbonyl (C=O) groups excluding carboxylic acids is 2. The lowest BCUT2D eigenvalue weighted by Gasteiger charge is -2.09. The summed E-state index contributed by atoms with van der Waals surface area (Å²) < 4.78 is 6.30. The Labute approximate surface area is 210 Å². The highest BCUT2D eigenvalue weighted by atomic mass is 79.9. The zero-order valence-electron chi connectivity index (χ0n) is 19.1. The van der Waals surface area contributed by atoms with E-state index in [1.54, 1.807) is 42.5 Å². The van der Waals surface area contributed by atoms with Crippen molar-refractivity contribution >= 4 is 45.6 Å². The number of rotatable bonds is 14. The number of halogens is 2. The molecular formula is C26H32BrClN2O3. The summed E-state index contributed by atoms with van der Waals surface area (Å²) in [5.74, 6) is -0.370. The highest BCUT2D eigenvalue weighted by Crippen LogP contribution is 2.24. The first kappa shape index (κ1) is 27.1. The van der Waals surface area contributed by atoms with Crippen molar-refractivity contribution in [1.29, 1.82) is 0 Å². The molecule has 0 spiro atoms. The fourth-order valence-corrected chi connectivity index (χ4v) is 3.91. The minimum Gasteiger partial charge on any atom is -0.422 e. The van der Waals surface area contributed by atoms with Crippen molar-refractivity contribution in [3.63, 3.8) is 0 Å². The maximum atomic E-state index is 12.5. The predicted molar refractivity (Wildman–Crippen MR) is 138 cm³/mol. The van der Waals surface area contributed by atoms with Crippen LogP contribution in [0, 0.1) is 0 Å². The van der Waals surface area contributed by atoms with E-state index in [1.165, 1.54) is 51.2 Å². The van der Waals surface area contributed by atoms with E-state index < -0.39 is 5.97 Å². The molecule has 2 aromatic rings. The van der Waals surface area contributed by atoms with Crippen LogP contribution >= 0.6 is 27.5 Å². The van der Waals surface area contributed by atoms with Gasteiger partial charge in [-0.15, -0.1) is 0 Å². The van der Waals surface area contributed by atoms with Crippen molar-refractivity contribution in [1.82, 2.24) is 5.43 Å². The summed E-state index contributed by atoms with van der Waals surface area (Å²) in [6.07, 6.45) is 12.8. The van der Waals surface area contributed by atoms with E-state index in [1.807, 2.05) is 0 Å². The quantitative estimate of drug-likeness (QED) is 0.0886. The maximum Gasteiger partial charge on any atom is 0.345 e. The first-order valence-corrected chi connectivity index (χ1v) is 12.8. The van der Waals surface area contributed by atoms with Crippen molar-refractivity contribution in [3.05, 3.63) is 63.1 Å². The van der Waals surface area contributed by atoms with Gasteiger partial charge in [-0.05, 0) is 36.8 Å². The molecule has 33 heavy (non-hydrogen) atoms. The van der Waals surface area contributed by atoms with Crippen molar-refractivity contribution in [2.75, 3.05) is 0 Å². The number of carbonyl (C=O) groups is 2. The summed E-state index contributed by atoms with van der Waals surface area (Å²) in [4.78, 5) is 24.5. The fraction of sp³-hybridized carbons (Fsp3) is 0.423. The van der Waals surface area contributed by atoms with Crippen LogP contribution in [0.2, 0.25) is 5.02 Å². The monoisotopic (exact) mass is 534 g/mol. The van der Waals surface area contributed by atoms with E-state index in [0.717, 1.165) is 17.3 Å². The summed E-state index contributed by atoms with van der Waals surface area (Å²) >= 11 is 9.48. The van der Waals surface area contributed by atoms with E-state index in [9.17, 15) is 9.59 Å². The van der Waals surface area contributed by atoms with Gasteiger partial charge in [-0.1, -0.05) is 98.0 Å². The predicted octanol–water partition coefficient (Wildman–Crippen LogP) is 7.69. The summed E-state index contributed by atoms with van der Waals surface area (Å²) in [6.45, 7) is 2.23. The second-order valence-corrected chi connectivity index (χ2v) is 9.25. The average molecular weight is 536 g/mol. The van der Waals surface area contributed by atoms with Gasteiger partial charge in [0.05, 0.1) is 16.8 Å². The van der Waals surface area contributed by atoms with Gasteiger partial charge in [0, 0.05) is 16.5 Å². The highest BCUT2D eigenvalue weighted by molar-refractivity contribution is 9.10. The molecule has 0 saturated carbocycles. The number of nitrogens with zero attached hydrogens (tertiary/aromatic N) is 1. The average Bonchev–Trinajstić information content (AvgIpc) is 2.80. The van der Waals surface area contributed by atoms with Crippen molar-refractivity contribution in [2.45, 2.75) is 71.1 Å². The first-order valence-electron chi connectivity index (χ1n) is 11.6. The number of nitrogens with one attached hydrogen (secondary N) is 1. The Kier molecular flexibility index (Phi) is 12.8. The Balaban J connectivity index is 1.78. The number of ether oxygens (including phenoxy) is 1. The van der Waals surface area contributed by atoms with Gasteiger partial charge in [0.15, 0.2) is 0 Å². The molecule has 0 fully saturated rings. The Hall–Kier alpha value is -2.18. The number of unbranched alkanes of at least 4 members (excludes halogenated alkanes) is 8. The highest BCUT2D eigenvalue weighted by Gasteiger charge is 2.14. The molecule has 178 valence electrons. The number of hydrazone groups is 1. The Morgan fingerprint density at radius 3 is 2.36 bits per heavy atom. The third-order valence-corrected chi connectivity index (χ3v) is 5.99. The van der Waals surface area contributed by atoms with Crippen LogP contribution in [0.15, 0.2) is 52.0 Å². The van der Waals surface area contributed by atoms with Crippen molar-refractivity contribution in [2.24, 2.45) is 5.10 Å². The second kappa shape index (κ2) is 15.6. The normalized spacial score (nSPS) is 11.0. The smallest absolute Gasteiger partial charge is 0.345 e. The Morgan fingerprint density at radius 1 is 1.00 bits per heavy atom. The second-order valence-electron chi connectivity index (χ2n) is 7.92. The van der Waals surface area contributed by atoms with Crippen LogP contribution < -0.4 is 10.2 Å². The summed E-state index contributed by atoms with van der Waals surface area (Å²) in [5, 5.41) is 4.35. The van der Waals surface area contributed by atoms with Crippen LogP contribution in [0.1, 0.15) is 87.1 Å². The van der Waals surface area contributed by atoms with Gasteiger partial charge in [0.1, 0.15) is 5.75 Å². The van der Waals surface area contributed by atoms with E-state index >= 15 is 0 Å². The van der Waals surface area contributed by atoms with Crippen LogP contribution in [-0.2, 0) is 4.79 Å². The van der Waals surface area contributed by atoms with E-state index in [4.69, 9.17) is 16.3 Å². The lowest BCUT2D eigenvalue weighted by molar-refractivity contribution is -0.121. The molecule has 0 heterocycles. The van der Waals surface area contributed by atoms with Crippen LogP contribution in [0.5, 0.6) is 5.75 Å². The Bertz CT molecular complexity index is 934. The summed E-state index contributed by atoms with van der Waals surface area (Å²) in [5.41, 5.74) is 3.38. The molecule has 0 aliphatic heterocycles.